The Bertz CT molecular complexity index is 992. The van der Waals surface area contributed by atoms with E-state index in [4.69, 9.17) is 4.74 Å². The summed E-state index contributed by atoms with van der Waals surface area (Å²) >= 11 is 0. The Labute approximate surface area is 214 Å². The molecule has 4 heteroatoms. The van der Waals surface area contributed by atoms with Gasteiger partial charge in [0.15, 0.2) is 11.6 Å². The molecule has 0 bridgehead atoms. The summed E-state index contributed by atoms with van der Waals surface area (Å²) in [5.74, 6) is 1.69. The Morgan fingerprint density at radius 2 is 1.40 bits per heavy atom. The van der Waals surface area contributed by atoms with E-state index in [2.05, 4.69) is 83.6 Å². The molecule has 3 nitrogen and oxygen atoms in total. The summed E-state index contributed by atoms with van der Waals surface area (Å²) in [6.45, 7) is 19.2. The monoisotopic (exact) mass is 482 g/mol. The van der Waals surface area contributed by atoms with Crippen molar-refractivity contribution < 1.29 is 9.13 Å². The predicted molar refractivity (Wildman–Crippen MR) is 149 cm³/mol. The lowest BCUT2D eigenvalue weighted by molar-refractivity contribution is 0.385. The molecule has 0 N–H and O–H groups in total. The summed E-state index contributed by atoms with van der Waals surface area (Å²) in [6.07, 6.45) is 2.82. The van der Waals surface area contributed by atoms with Crippen molar-refractivity contribution in [3.05, 3.63) is 88.3 Å². The minimum absolute atomic E-state index is 0. The number of methoxy groups -OCH3 is 1. The fourth-order valence-corrected chi connectivity index (χ4v) is 3.35. The molecule has 0 aliphatic rings. The van der Waals surface area contributed by atoms with Gasteiger partial charge in [-0.25, -0.2) is 4.39 Å². The number of aromatic nitrogens is 2. The van der Waals surface area contributed by atoms with Crippen LogP contribution in [-0.4, -0.2) is 17.1 Å². The van der Waals surface area contributed by atoms with Crippen LogP contribution in [0.4, 0.5) is 4.39 Å². The van der Waals surface area contributed by atoms with Crippen molar-refractivity contribution in [2.45, 2.75) is 88.0 Å². The molecule has 35 heavy (non-hydrogen) atoms. The molecule has 0 saturated heterocycles. The van der Waals surface area contributed by atoms with E-state index in [1.807, 2.05) is 19.2 Å². The van der Waals surface area contributed by atoms with Crippen LogP contribution < -0.4 is 4.74 Å². The first-order valence-corrected chi connectivity index (χ1v) is 12.1. The van der Waals surface area contributed by atoms with E-state index in [-0.39, 0.29) is 13.2 Å². The standard InChI is InChI=1S/C11H15FO.C10H15N.C9H13N.CH4/c1-8(2)6-9-4-5-10(12)11(7-9)13-3;1-7(2)10-6-8(3)5-9(4)11-10;1-7(2)9-6-8(3)4-5-10-9;/h4-5,7-8H,6H2,1-3H3;5-7H,1-4H3;4-7H,1-3H3;1H4. The molecule has 0 atom stereocenters. The number of benzene rings is 1. The number of ether oxygens (including phenoxy) is 1. The molecule has 0 aliphatic carbocycles. The van der Waals surface area contributed by atoms with Crippen molar-refractivity contribution in [2.75, 3.05) is 7.11 Å². The zero-order valence-electron chi connectivity index (χ0n) is 22.7. The van der Waals surface area contributed by atoms with E-state index >= 15 is 0 Å². The highest BCUT2D eigenvalue weighted by Crippen LogP contribution is 2.20. The Morgan fingerprint density at radius 1 is 0.800 bits per heavy atom. The molecule has 0 aliphatic heterocycles. The topological polar surface area (TPSA) is 35.0 Å². The second-order valence-electron chi connectivity index (χ2n) is 9.85. The maximum Gasteiger partial charge on any atom is 0.165 e. The van der Waals surface area contributed by atoms with Crippen molar-refractivity contribution in [1.82, 2.24) is 9.97 Å². The zero-order chi connectivity index (χ0) is 25.8. The highest BCUT2D eigenvalue weighted by atomic mass is 19.1. The van der Waals surface area contributed by atoms with Crippen LogP contribution in [0.1, 0.15) is 94.6 Å². The quantitative estimate of drug-likeness (QED) is 0.364. The van der Waals surface area contributed by atoms with Crippen LogP contribution in [0.25, 0.3) is 0 Å². The van der Waals surface area contributed by atoms with Gasteiger partial charge in [-0.1, -0.05) is 55.0 Å². The second-order valence-corrected chi connectivity index (χ2v) is 9.85. The SMILES string of the molecule is C.COc1cc(CC(C)C)ccc1F.Cc1cc(C)nc(C(C)C)c1.Cc1ccnc(C(C)C)c1. The van der Waals surface area contributed by atoms with Gasteiger partial charge < -0.3 is 4.74 Å². The van der Waals surface area contributed by atoms with Gasteiger partial charge in [0.25, 0.3) is 0 Å². The van der Waals surface area contributed by atoms with Gasteiger partial charge in [0.2, 0.25) is 0 Å². The number of nitrogens with zero attached hydrogens (tertiary/aromatic N) is 2. The minimum atomic E-state index is -0.296. The number of pyridine rings is 2. The van der Waals surface area contributed by atoms with E-state index in [1.54, 1.807) is 12.1 Å². The van der Waals surface area contributed by atoms with Crippen LogP contribution in [-0.2, 0) is 6.42 Å². The minimum Gasteiger partial charge on any atom is -0.494 e. The molecule has 0 unspecified atom stereocenters. The summed E-state index contributed by atoms with van der Waals surface area (Å²) in [4.78, 5) is 8.67. The Hall–Kier alpha value is -2.75. The summed E-state index contributed by atoms with van der Waals surface area (Å²) in [6, 6.07) is 13.4. The number of hydrogen-bond donors (Lipinski definition) is 0. The summed E-state index contributed by atoms with van der Waals surface area (Å²) < 4.78 is 17.9. The van der Waals surface area contributed by atoms with Gasteiger partial charge >= 0.3 is 0 Å². The lowest BCUT2D eigenvalue weighted by Gasteiger charge is -2.07. The lowest BCUT2D eigenvalue weighted by atomic mass is 10.0. The average molecular weight is 483 g/mol. The van der Waals surface area contributed by atoms with Gasteiger partial charge in [0.05, 0.1) is 7.11 Å². The molecule has 3 aromatic rings. The number of hydrogen-bond acceptors (Lipinski definition) is 3. The van der Waals surface area contributed by atoms with Crippen LogP contribution in [0.15, 0.2) is 48.7 Å². The van der Waals surface area contributed by atoms with E-state index in [0.29, 0.717) is 23.5 Å². The highest BCUT2D eigenvalue weighted by molar-refractivity contribution is 5.30. The molecule has 1 aromatic carbocycles. The van der Waals surface area contributed by atoms with Gasteiger partial charge in [-0.15, -0.1) is 0 Å². The molecule has 2 aromatic heterocycles. The smallest absolute Gasteiger partial charge is 0.165 e. The Morgan fingerprint density at radius 3 is 1.86 bits per heavy atom. The molecule has 0 amide bonds. The molecule has 2 heterocycles. The van der Waals surface area contributed by atoms with Crippen molar-refractivity contribution in [2.24, 2.45) is 5.92 Å². The fraction of sp³-hybridized carbons (Fsp3) is 0.484. The first kappa shape index (κ1) is 32.2. The van der Waals surface area contributed by atoms with E-state index in [0.717, 1.165) is 17.7 Å². The molecular weight excluding hydrogens is 435 g/mol. The molecule has 3 rings (SSSR count). The van der Waals surface area contributed by atoms with Crippen molar-refractivity contribution in [3.8, 4) is 5.75 Å². The third-order valence-electron chi connectivity index (χ3n) is 5.10. The third-order valence-corrected chi connectivity index (χ3v) is 5.10. The molecule has 0 spiro atoms. The van der Waals surface area contributed by atoms with Crippen LogP contribution >= 0.6 is 0 Å². The summed E-state index contributed by atoms with van der Waals surface area (Å²) in [5.41, 5.74) is 7.21. The first-order chi connectivity index (χ1) is 15.9. The van der Waals surface area contributed by atoms with Crippen LogP contribution in [0, 0.1) is 32.5 Å². The summed E-state index contributed by atoms with van der Waals surface area (Å²) in [7, 11) is 1.48. The number of aryl methyl sites for hydroxylation is 3. The number of halogens is 1. The van der Waals surface area contributed by atoms with Crippen LogP contribution in [0.5, 0.6) is 5.75 Å². The Balaban J connectivity index is 0.000000493. The van der Waals surface area contributed by atoms with Gasteiger partial charge in [0, 0.05) is 23.3 Å². The maximum atomic E-state index is 13.0. The molecular formula is C31H47FN2O. The molecule has 0 saturated carbocycles. The normalized spacial score (nSPS) is 10.2. The van der Waals surface area contributed by atoms with Crippen molar-refractivity contribution in [1.29, 1.82) is 0 Å². The molecule has 0 fully saturated rings. The largest absolute Gasteiger partial charge is 0.494 e. The van der Waals surface area contributed by atoms with E-state index in [1.165, 1.54) is 35.7 Å². The van der Waals surface area contributed by atoms with Crippen molar-refractivity contribution >= 4 is 0 Å². The lowest BCUT2D eigenvalue weighted by Crippen LogP contribution is -1.96. The Kier molecular flexibility index (Phi) is 14.8. The third kappa shape index (κ3) is 12.5. The van der Waals surface area contributed by atoms with Crippen LogP contribution in [0.3, 0.4) is 0 Å². The average Bonchev–Trinajstić information content (AvgIpc) is 2.75. The summed E-state index contributed by atoms with van der Waals surface area (Å²) in [5, 5.41) is 0. The maximum absolute atomic E-state index is 13.0. The predicted octanol–water partition coefficient (Wildman–Crippen LogP) is 9.00. The molecule has 194 valence electrons. The van der Waals surface area contributed by atoms with Gasteiger partial charge in [-0.05, 0) is 98.0 Å². The van der Waals surface area contributed by atoms with Crippen molar-refractivity contribution in [3.63, 3.8) is 0 Å². The zero-order valence-corrected chi connectivity index (χ0v) is 22.7. The second kappa shape index (κ2) is 16.0. The van der Waals surface area contributed by atoms with Gasteiger partial charge in [0.1, 0.15) is 0 Å². The molecule has 0 radical (unpaired) electrons. The van der Waals surface area contributed by atoms with Crippen LogP contribution in [0.2, 0.25) is 0 Å². The van der Waals surface area contributed by atoms with Gasteiger partial charge in [-0.3, -0.25) is 9.97 Å². The number of rotatable bonds is 5. The van der Waals surface area contributed by atoms with E-state index < -0.39 is 0 Å². The fourth-order valence-electron chi connectivity index (χ4n) is 3.35. The first-order valence-electron chi connectivity index (χ1n) is 12.1. The van der Waals surface area contributed by atoms with Gasteiger partial charge in [-0.2, -0.15) is 0 Å². The van der Waals surface area contributed by atoms with E-state index in [9.17, 15) is 4.39 Å². The highest BCUT2D eigenvalue weighted by Gasteiger charge is 2.04.